The number of aromatic nitrogens is 4. The molecule has 2 aromatic rings. The molecule has 0 amide bonds. The Morgan fingerprint density at radius 1 is 1.38 bits per heavy atom. The van der Waals surface area contributed by atoms with Gasteiger partial charge in [0.2, 0.25) is 5.95 Å². The van der Waals surface area contributed by atoms with Crippen molar-refractivity contribution in [2.75, 3.05) is 5.73 Å². The number of rotatable bonds is 1. The molecule has 7 heteroatoms. The molecule has 0 saturated heterocycles. The Hall–Kier alpha value is -2.75. The van der Waals surface area contributed by atoms with Crippen LogP contribution in [0.25, 0.3) is 11.5 Å². The number of nitrogens with one attached hydrogen (secondary N) is 1. The van der Waals surface area contributed by atoms with Gasteiger partial charge in [0.15, 0.2) is 5.82 Å². The first kappa shape index (κ1) is 9.79. The zero-order chi connectivity index (χ0) is 11.5. The van der Waals surface area contributed by atoms with Gasteiger partial charge in [-0.1, -0.05) is 0 Å². The highest BCUT2D eigenvalue weighted by Gasteiger charge is 2.04. The van der Waals surface area contributed by atoms with Crippen molar-refractivity contribution >= 4 is 5.95 Å². The van der Waals surface area contributed by atoms with Crippen molar-refractivity contribution in [3.8, 4) is 17.6 Å². The first-order valence-corrected chi connectivity index (χ1v) is 4.29. The number of nitrogen functional groups attached to an aromatic ring is 1. The molecule has 0 saturated carbocycles. The highest BCUT2D eigenvalue weighted by Crippen LogP contribution is 2.10. The Morgan fingerprint density at radius 2 is 2.19 bits per heavy atom. The lowest BCUT2D eigenvalue weighted by Crippen LogP contribution is -2.15. The Balaban J connectivity index is 2.51. The molecule has 0 radical (unpaired) electrons. The fourth-order valence-corrected chi connectivity index (χ4v) is 1.12. The molecule has 0 atom stereocenters. The number of hydrogen-bond donors (Lipinski definition) is 2. The minimum Gasteiger partial charge on any atom is -0.368 e. The van der Waals surface area contributed by atoms with E-state index < -0.39 is 5.69 Å². The number of aromatic amines is 1. The largest absolute Gasteiger partial charge is 0.368 e. The van der Waals surface area contributed by atoms with E-state index in [0.717, 1.165) is 0 Å². The van der Waals surface area contributed by atoms with Gasteiger partial charge in [0.25, 0.3) is 0 Å². The summed E-state index contributed by atoms with van der Waals surface area (Å²) in [6.07, 6.45) is 1.38. The third-order valence-electron chi connectivity index (χ3n) is 1.80. The second kappa shape index (κ2) is 3.78. The van der Waals surface area contributed by atoms with Crippen molar-refractivity contribution in [3.63, 3.8) is 0 Å². The lowest BCUT2D eigenvalue weighted by Gasteiger charge is -1.99. The minimum atomic E-state index is -0.589. The summed E-state index contributed by atoms with van der Waals surface area (Å²) in [6, 6.07) is 5.07. The summed E-state index contributed by atoms with van der Waals surface area (Å²) in [5.74, 6) is 0.104. The standard InChI is InChI=1S/C9H6N6O/c10-3-5-1-2-6(12-4-5)7-13-8(11)15-9(16)14-7/h1-2,4H,(H3,11,13,14,15,16). The van der Waals surface area contributed by atoms with E-state index >= 15 is 0 Å². The fraction of sp³-hybridized carbons (Fsp3) is 0. The molecule has 0 bridgehead atoms. The van der Waals surface area contributed by atoms with Crippen LogP contribution in [0.1, 0.15) is 5.56 Å². The van der Waals surface area contributed by atoms with E-state index in [9.17, 15) is 4.79 Å². The number of pyridine rings is 1. The topological polar surface area (TPSA) is 121 Å². The van der Waals surface area contributed by atoms with Crippen molar-refractivity contribution in [2.45, 2.75) is 0 Å². The van der Waals surface area contributed by atoms with Crippen molar-refractivity contribution < 1.29 is 0 Å². The average molecular weight is 214 g/mol. The lowest BCUT2D eigenvalue weighted by atomic mass is 10.2. The molecular formula is C9H6N6O. The molecule has 0 fully saturated rings. The molecule has 0 aliphatic carbocycles. The minimum absolute atomic E-state index is 0.120. The van der Waals surface area contributed by atoms with Crippen LogP contribution >= 0.6 is 0 Å². The number of nitriles is 1. The van der Waals surface area contributed by atoms with Gasteiger partial charge in [0.1, 0.15) is 11.8 Å². The van der Waals surface area contributed by atoms with Crippen molar-refractivity contribution in [2.24, 2.45) is 0 Å². The zero-order valence-corrected chi connectivity index (χ0v) is 8.01. The maximum atomic E-state index is 11.0. The van der Waals surface area contributed by atoms with E-state index in [4.69, 9.17) is 11.0 Å². The van der Waals surface area contributed by atoms with E-state index in [1.54, 1.807) is 12.1 Å². The number of anilines is 1. The Morgan fingerprint density at radius 3 is 2.75 bits per heavy atom. The normalized spacial score (nSPS) is 9.69. The van der Waals surface area contributed by atoms with Crippen LogP contribution in [-0.4, -0.2) is 19.9 Å². The predicted octanol–water partition coefficient (Wildman–Crippen LogP) is -0.319. The third-order valence-corrected chi connectivity index (χ3v) is 1.80. The van der Waals surface area contributed by atoms with E-state index in [0.29, 0.717) is 11.3 Å². The summed E-state index contributed by atoms with van der Waals surface area (Å²) in [4.78, 5) is 24.6. The first-order valence-electron chi connectivity index (χ1n) is 4.29. The van der Waals surface area contributed by atoms with Gasteiger partial charge in [-0.15, -0.1) is 0 Å². The van der Waals surface area contributed by atoms with Crippen LogP contribution in [0.5, 0.6) is 0 Å². The number of nitrogens with two attached hydrogens (primary N) is 1. The summed E-state index contributed by atoms with van der Waals surface area (Å²) in [7, 11) is 0. The number of hydrogen-bond acceptors (Lipinski definition) is 6. The van der Waals surface area contributed by atoms with Crippen LogP contribution in [-0.2, 0) is 0 Å². The predicted molar refractivity (Wildman–Crippen MR) is 55.0 cm³/mol. The molecule has 0 aromatic carbocycles. The average Bonchev–Trinajstić information content (AvgIpc) is 2.28. The molecule has 2 heterocycles. The van der Waals surface area contributed by atoms with Crippen molar-refractivity contribution in [3.05, 3.63) is 34.4 Å². The molecule has 0 spiro atoms. The van der Waals surface area contributed by atoms with Crippen molar-refractivity contribution in [1.29, 1.82) is 5.26 Å². The van der Waals surface area contributed by atoms with E-state index in [-0.39, 0.29) is 11.8 Å². The van der Waals surface area contributed by atoms with Gasteiger partial charge in [-0.05, 0) is 12.1 Å². The zero-order valence-electron chi connectivity index (χ0n) is 8.01. The number of nitrogens with zero attached hydrogens (tertiary/aromatic N) is 4. The summed E-state index contributed by atoms with van der Waals surface area (Å²) in [6.45, 7) is 0. The Bertz CT molecular complexity index is 609. The highest BCUT2D eigenvalue weighted by atomic mass is 16.1. The summed E-state index contributed by atoms with van der Waals surface area (Å²) in [5.41, 5.74) is 5.59. The van der Waals surface area contributed by atoms with Gasteiger partial charge in [-0.2, -0.15) is 15.2 Å². The SMILES string of the molecule is N#Cc1ccc(-c2nc(N)nc(=O)[nH]2)nc1. The van der Waals surface area contributed by atoms with Gasteiger partial charge in [0, 0.05) is 6.20 Å². The van der Waals surface area contributed by atoms with Crippen LogP contribution < -0.4 is 11.4 Å². The van der Waals surface area contributed by atoms with Gasteiger partial charge in [-0.3, -0.25) is 9.97 Å². The quantitative estimate of drug-likeness (QED) is 0.670. The highest BCUT2D eigenvalue weighted by molar-refractivity contribution is 5.50. The van der Waals surface area contributed by atoms with Gasteiger partial charge in [-0.25, -0.2) is 4.79 Å². The summed E-state index contributed by atoms with van der Waals surface area (Å²) >= 11 is 0. The maximum absolute atomic E-state index is 11.0. The van der Waals surface area contributed by atoms with Crippen LogP contribution in [0.2, 0.25) is 0 Å². The molecule has 2 rings (SSSR count). The molecule has 3 N–H and O–H groups in total. The van der Waals surface area contributed by atoms with Gasteiger partial charge < -0.3 is 5.73 Å². The maximum Gasteiger partial charge on any atom is 0.349 e. The third kappa shape index (κ3) is 1.85. The molecule has 0 aliphatic heterocycles. The summed E-state index contributed by atoms with van der Waals surface area (Å²) in [5, 5.41) is 8.59. The lowest BCUT2D eigenvalue weighted by molar-refractivity contribution is 0.999. The molecule has 2 aromatic heterocycles. The Labute approximate surface area is 89.6 Å². The van der Waals surface area contributed by atoms with Crippen LogP contribution in [0.15, 0.2) is 23.1 Å². The smallest absolute Gasteiger partial charge is 0.349 e. The molecule has 0 aliphatic rings. The van der Waals surface area contributed by atoms with Crippen molar-refractivity contribution in [1.82, 2.24) is 19.9 Å². The summed E-state index contributed by atoms with van der Waals surface area (Å²) < 4.78 is 0. The van der Waals surface area contributed by atoms with Gasteiger partial charge >= 0.3 is 5.69 Å². The monoisotopic (exact) mass is 214 g/mol. The van der Waals surface area contributed by atoms with Crippen LogP contribution in [0.4, 0.5) is 5.95 Å². The van der Waals surface area contributed by atoms with Crippen LogP contribution in [0.3, 0.4) is 0 Å². The second-order valence-corrected chi connectivity index (χ2v) is 2.90. The Kier molecular flexibility index (Phi) is 2.31. The first-order chi connectivity index (χ1) is 7.69. The molecule has 16 heavy (non-hydrogen) atoms. The number of H-pyrrole nitrogens is 1. The van der Waals surface area contributed by atoms with Gasteiger partial charge in [0.05, 0.1) is 5.56 Å². The molecule has 78 valence electrons. The van der Waals surface area contributed by atoms with E-state index in [2.05, 4.69) is 19.9 Å². The van der Waals surface area contributed by atoms with Crippen LogP contribution in [0, 0.1) is 11.3 Å². The molecule has 7 nitrogen and oxygen atoms in total. The fourth-order valence-electron chi connectivity index (χ4n) is 1.12. The van der Waals surface area contributed by atoms with E-state index in [1.807, 2.05) is 6.07 Å². The molecule has 0 unspecified atom stereocenters. The van der Waals surface area contributed by atoms with E-state index in [1.165, 1.54) is 6.20 Å². The molecular weight excluding hydrogens is 208 g/mol. The second-order valence-electron chi connectivity index (χ2n) is 2.90.